The molecule has 0 saturated heterocycles. The fourth-order valence-electron chi connectivity index (χ4n) is 1.75. The normalized spacial score (nSPS) is 12.0. The highest BCUT2D eigenvalue weighted by Crippen LogP contribution is 2.21. The molecule has 0 radical (unpaired) electrons. The second-order valence-electron chi connectivity index (χ2n) is 4.76. The van der Waals surface area contributed by atoms with Crippen LogP contribution in [0.25, 0.3) is 0 Å². The lowest BCUT2D eigenvalue weighted by Crippen LogP contribution is -2.39. The molecule has 1 amide bonds. The van der Waals surface area contributed by atoms with Crippen molar-refractivity contribution in [2.24, 2.45) is 0 Å². The number of rotatable bonds is 7. The minimum Gasteiger partial charge on any atom is -0.464 e. The summed E-state index contributed by atoms with van der Waals surface area (Å²) in [5.74, 6) is -0.589. The van der Waals surface area contributed by atoms with E-state index < -0.39 is 6.04 Å². The van der Waals surface area contributed by atoms with Crippen LogP contribution in [0.15, 0.2) is 6.07 Å². The lowest BCUT2D eigenvalue weighted by Gasteiger charge is -2.12. The summed E-state index contributed by atoms with van der Waals surface area (Å²) in [5.41, 5.74) is 1.18. The van der Waals surface area contributed by atoms with Gasteiger partial charge in [-0.25, -0.2) is 4.79 Å². The number of aryl methyl sites for hydroxylation is 2. The van der Waals surface area contributed by atoms with Crippen molar-refractivity contribution in [1.82, 2.24) is 5.32 Å². The number of esters is 1. The molecule has 1 aromatic heterocycles. The summed E-state index contributed by atoms with van der Waals surface area (Å²) in [5, 5.41) is 2.68. The zero-order valence-corrected chi connectivity index (χ0v) is 13.4. The first-order valence-corrected chi connectivity index (χ1v) is 7.88. The van der Waals surface area contributed by atoms with Crippen LogP contribution in [0.1, 0.15) is 53.7 Å². The topological polar surface area (TPSA) is 55.4 Å². The predicted molar refractivity (Wildman–Crippen MR) is 81.2 cm³/mol. The molecule has 1 N–H and O–H groups in total. The van der Waals surface area contributed by atoms with Gasteiger partial charge in [0.1, 0.15) is 6.04 Å². The Hall–Kier alpha value is -1.36. The third kappa shape index (κ3) is 4.63. The van der Waals surface area contributed by atoms with Gasteiger partial charge in [0.25, 0.3) is 5.91 Å². The summed E-state index contributed by atoms with van der Waals surface area (Å²) in [4.78, 5) is 25.5. The van der Waals surface area contributed by atoms with Gasteiger partial charge in [0.2, 0.25) is 0 Å². The van der Waals surface area contributed by atoms with Crippen LogP contribution in [-0.4, -0.2) is 24.5 Å². The number of carbonyl (C=O) groups is 2. The molecule has 0 spiro atoms. The Morgan fingerprint density at radius 3 is 2.65 bits per heavy atom. The van der Waals surface area contributed by atoms with E-state index in [1.807, 2.05) is 19.9 Å². The maximum atomic E-state index is 12.1. The minimum absolute atomic E-state index is 0.210. The molecule has 0 aliphatic rings. The lowest BCUT2D eigenvalue weighted by molar-refractivity contribution is -0.145. The van der Waals surface area contributed by atoms with Gasteiger partial charge in [0.05, 0.1) is 11.5 Å². The van der Waals surface area contributed by atoms with Crippen molar-refractivity contribution in [3.63, 3.8) is 0 Å². The smallest absolute Gasteiger partial charge is 0.328 e. The predicted octanol–water partition coefficient (Wildman–Crippen LogP) is 3.08. The average Bonchev–Trinajstić information content (AvgIpc) is 2.80. The number of thiophene rings is 1. The van der Waals surface area contributed by atoms with Crippen molar-refractivity contribution < 1.29 is 14.3 Å². The summed E-state index contributed by atoms with van der Waals surface area (Å²) in [7, 11) is 0. The lowest BCUT2D eigenvalue weighted by atomic mass is 10.2. The van der Waals surface area contributed by atoms with Gasteiger partial charge in [-0.15, -0.1) is 11.3 Å². The number of carbonyl (C=O) groups excluding carboxylic acids is 2. The molecule has 1 rings (SSSR count). The van der Waals surface area contributed by atoms with E-state index in [0.717, 1.165) is 24.1 Å². The Kier molecular flexibility index (Phi) is 6.71. The third-order valence-corrected chi connectivity index (χ3v) is 4.16. The number of nitrogens with one attached hydrogen (secondary N) is 1. The van der Waals surface area contributed by atoms with Gasteiger partial charge < -0.3 is 10.1 Å². The number of hydrogen-bond donors (Lipinski definition) is 1. The van der Waals surface area contributed by atoms with E-state index in [9.17, 15) is 9.59 Å². The number of hydrogen-bond acceptors (Lipinski definition) is 4. The summed E-state index contributed by atoms with van der Waals surface area (Å²) in [6.45, 7) is 8.15. The van der Waals surface area contributed by atoms with E-state index in [0.29, 0.717) is 11.5 Å². The van der Waals surface area contributed by atoms with Gasteiger partial charge in [0, 0.05) is 4.88 Å². The molecule has 0 unspecified atom stereocenters. The Morgan fingerprint density at radius 1 is 1.40 bits per heavy atom. The van der Waals surface area contributed by atoms with Gasteiger partial charge in [-0.2, -0.15) is 0 Å². The Balaban J connectivity index is 2.54. The van der Waals surface area contributed by atoms with Crippen molar-refractivity contribution in [3.8, 4) is 0 Å². The van der Waals surface area contributed by atoms with Gasteiger partial charge >= 0.3 is 5.97 Å². The van der Waals surface area contributed by atoms with E-state index in [-0.39, 0.29) is 11.9 Å². The molecule has 20 heavy (non-hydrogen) atoms. The van der Waals surface area contributed by atoms with E-state index in [4.69, 9.17) is 4.74 Å². The largest absolute Gasteiger partial charge is 0.464 e. The third-order valence-electron chi connectivity index (χ3n) is 3.07. The number of unbranched alkanes of at least 4 members (excludes halogenated alkanes) is 1. The van der Waals surface area contributed by atoms with Gasteiger partial charge in [-0.1, -0.05) is 20.3 Å². The van der Waals surface area contributed by atoms with Gasteiger partial charge in [0.15, 0.2) is 0 Å². The second-order valence-corrected chi connectivity index (χ2v) is 6.02. The zero-order chi connectivity index (χ0) is 15.1. The maximum absolute atomic E-state index is 12.1. The van der Waals surface area contributed by atoms with Gasteiger partial charge in [-0.3, -0.25) is 4.79 Å². The first-order valence-electron chi connectivity index (χ1n) is 7.06. The van der Waals surface area contributed by atoms with Crippen LogP contribution in [0.2, 0.25) is 0 Å². The standard InChI is InChI=1S/C15H23NO3S/c1-5-7-8-19-15(18)10(3)16-14(17)13-9-12(6-2)11(4)20-13/h9-10H,5-8H2,1-4H3,(H,16,17)/t10-/m0/s1. The first-order chi connectivity index (χ1) is 9.49. The highest BCUT2D eigenvalue weighted by molar-refractivity contribution is 7.14. The monoisotopic (exact) mass is 297 g/mol. The molecule has 0 fully saturated rings. The van der Waals surface area contributed by atoms with Crippen molar-refractivity contribution >= 4 is 23.2 Å². The minimum atomic E-state index is -0.619. The van der Waals surface area contributed by atoms with E-state index in [1.54, 1.807) is 6.92 Å². The maximum Gasteiger partial charge on any atom is 0.328 e. The zero-order valence-electron chi connectivity index (χ0n) is 12.6. The summed E-state index contributed by atoms with van der Waals surface area (Å²) in [6, 6.07) is 1.27. The molecule has 1 heterocycles. The van der Waals surface area contributed by atoms with Crippen molar-refractivity contribution in [2.75, 3.05) is 6.61 Å². The summed E-state index contributed by atoms with van der Waals surface area (Å²) >= 11 is 1.46. The Labute approximate surface area is 124 Å². The Bertz CT molecular complexity index is 468. The Morgan fingerprint density at radius 2 is 2.10 bits per heavy atom. The quantitative estimate of drug-likeness (QED) is 0.621. The van der Waals surface area contributed by atoms with E-state index >= 15 is 0 Å². The molecule has 0 aliphatic heterocycles. The van der Waals surface area contributed by atoms with Crippen molar-refractivity contribution in [2.45, 2.75) is 53.0 Å². The van der Waals surface area contributed by atoms with E-state index in [2.05, 4.69) is 12.2 Å². The molecule has 0 aliphatic carbocycles. The second kappa shape index (κ2) is 8.04. The van der Waals surface area contributed by atoms with Crippen LogP contribution >= 0.6 is 11.3 Å². The SMILES string of the molecule is CCCCOC(=O)[C@H](C)NC(=O)c1cc(CC)c(C)s1. The van der Waals surface area contributed by atoms with Crippen LogP contribution in [-0.2, 0) is 16.0 Å². The highest BCUT2D eigenvalue weighted by Gasteiger charge is 2.19. The molecule has 4 nitrogen and oxygen atoms in total. The molecule has 0 saturated carbocycles. The summed E-state index contributed by atoms with van der Waals surface area (Å²) in [6.07, 6.45) is 2.73. The van der Waals surface area contributed by atoms with Crippen molar-refractivity contribution in [1.29, 1.82) is 0 Å². The highest BCUT2D eigenvalue weighted by atomic mass is 32.1. The van der Waals surface area contributed by atoms with Crippen molar-refractivity contribution in [3.05, 3.63) is 21.4 Å². The van der Waals surface area contributed by atoms with Crippen LogP contribution in [0.5, 0.6) is 0 Å². The first kappa shape index (κ1) is 16.7. The molecule has 1 atom stereocenters. The number of ether oxygens (including phenoxy) is 1. The molecule has 5 heteroatoms. The molecular weight excluding hydrogens is 274 g/mol. The van der Waals surface area contributed by atoms with Crippen LogP contribution < -0.4 is 5.32 Å². The van der Waals surface area contributed by atoms with E-state index in [1.165, 1.54) is 16.9 Å². The molecule has 0 bridgehead atoms. The molecule has 1 aromatic rings. The fourth-order valence-corrected chi connectivity index (χ4v) is 2.77. The summed E-state index contributed by atoms with van der Waals surface area (Å²) < 4.78 is 5.08. The van der Waals surface area contributed by atoms with Crippen LogP contribution in [0, 0.1) is 6.92 Å². The van der Waals surface area contributed by atoms with Gasteiger partial charge in [-0.05, 0) is 38.3 Å². The molecule has 0 aromatic carbocycles. The average molecular weight is 297 g/mol. The molecular formula is C15H23NO3S. The van der Waals surface area contributed by atoms with Crippen LogP contribution in [0.3, 0.4) is 0 Å². The van der Waals surface area contributed by atoms with Crippen LogP contribution in [0.4, 0.5) is 0 Å². The number of amides is 1. The fraction of sp³-hybridized carbons (Fsp3) is 0.600. The molecule has 112 valence electrons.